The Morgan fingerprint density at radius 1 is 1.37 bits per heavy atom. The monoisotopic (exact) mass is 257 g/mol. The highest BCUT2D eigenvalue weighted by Crippen LogP contribution is 2.27. The van der Waals surface area contributed by atoms with Crippen LogP contribution >= 0.6 is 0 Å². The van der Waals surface area contributed by atoms with E-state index in [2.05, 4.69) is 11.4 Å². The van der Waals surface area contributed by atoms with Gasteiger partial charge in [-0.05, 0) is 24.6 Å². The third-order valence-corrected chi connectivity index (χ3v) is 3.31. The summed E-state index contributed by atoms with van der Waals surface area (Å²) >= 11 is 0. The third kappa shape index (κ3) is 2.34. The molecular formula is C15H15NO3. The maximum Gasteiger partial charge on any atom is 0.254 e. The Kier molecular flexibility index (Phi) is 2.99. The van der Waals surface area contributed by atoms with Gasteiger partial charge in [0.05, 0.1) is 18.4 Å². The first-order valence-electron chi connectivity index (χ1n) is 6.31. The summed E-state index contributed by atoms with van der Waals surface area (Å²) in [6, 6.07) is 9.64. The molecule has 1 aliphatic heterocycles. The summed E-state index contributed by atoms with van der Waals surface area (Å²) in [7, 11) is 0. The lowest BCUT2D eigenvalue weighted by molar-refractivity contribution is 0.0932. The number of benzene rings is 1. The Bertz CT molecular complexity index is 578. The van der Waals surface area contributed by atoms with Crippen LogP contribution in [0.1, 0.15) is 21.7 Å². The Balaban J connectivity index is 1.58. The Morgan fingerprint density at radius 3 is 2.95 bits per heavy atom. The van der Waals surface area contributed by atoms with E-state index >= 15 is 0 Å². The fraction of sp³-hybridized carbons (Fsp3) is 0.267. The zero-order chi connectivity index (χ0) is 13.2. The highest BCUT2D eigenvalue weighted by atomic mass is 16.5. The molecule has 0 bridgehead atoms. The topological polar surface area (TPSA) is 51.5 Å². The summed E-state index contributed by atoms with van der Waals surface area (Å²) in [5, 5.41) is 2.88. The van der Waals surface area contributed by atoms with Gasteiger partial charge in [0.25, 0.3) is 5.91 Å². The van der Waals surface area contributed by atoms with Crippen molar-refractivity contribution in [3.05, 3.63) is 53.5 Å². The highest BCUT2D eigenvalue weighted by molar-refractivity contribution is 5.95. The number of carbonyl (C=O) groups is 1. The van der Waals surface area contributed by atoms with Gasteiger partial charge in [-0.15, -0.1) is 0 Å². The Morgan fingerprint density at radius 2 is 2.21 bits per heavy atom. The van der Waals surface area contributed by atoms with Crippen LogP contribution in [0.15, 0.2) is 41.0 Å². The summed E-state index contributed by atoms with van der Waals surface area (Å²) in [5.41, 5.74) is 1.77. The Labute approximate surface area is 111 Å². The van der Waals surface area contributed by atoms with E-state index in [4.69, 9.17) is 9.15 Å². The van der Waals surface area contributed by atoms with Crippen LogP contribution in [0.4, 0.5) is 0 Å². The second-order valence-electron chi connectivity index (χ2n) is 4.65. The largest absolute Gasteiger partial charge is 0.488 e. The summed E-state index contributed by atoms with van der Waals surface area (Å²) in [6.45, 7) is 2.27. The summed E-state index contributed by atoms with van der Waals surface area (Å²) in [4.78, 5) is 11.9. The van der Waals surface area contributed by atoms with Crippen LogP contribution in [0.3, 0.4) is 0 Å². The minimum atomic E-state index is -0.120. The fourth-order valence-electron chi connectivity index (χ4n) is 2.29. The van der Waals surface area contributed by atoms with Crippen molar-refractivity contribution in [2.75, 3.05) is 6.54 Å². The van der Waals surface area contributed by atoms with Gasteiger partial charge in [0.2, 0.25) is 0 Å². The molecule has 2 heterocycles. The maximum atomic E-state index is 11.9. The van der Waals surface area contributed by atoms with Gasteiger partial charge in [-0.25, -0.2) is 0 Å². The van der Waals surface area contributed by atoms with Crippen LogP contribution in [0.2, 0.25) is 0 Å². The molecule has 1 amide bonds. The first kappa shape index (κ1) is 11.8. The lowest BCUT2D eigenvalue weighted by atomic mass is 10.1. The van der Waals surface area contributed by atoms with E-state index in [1.54, 1.807) is 13.0 Å². The second kappa shape index (κ2) is 4.80. The number of ether oxygens (including phenoxy) is 1. The molecule has 3 rings (SSSR count). The van der Waals surface area contributed by atoms with Crippen LogP contribution in [0.25, 0.3) is 0 Å². The number of fused-ring (bicyclic) bond motifs is 1. The summed E-state index contributed by atoms with van der Waals surface area (Å²) in [6.07, 6.45) is 2.36. The van der Waals surface area contributed by atoms with E-state index in [1.165, 1.54) is 11.8 Å². The van der Waals surface area contributed by atoms with Gasteiger partial charge in [0.15, 0.2) is 0 Å². The van der Waals surface area contributed by atoms with Gasteiger partial charge >= 0.3 is 0 Å². The molecule has 0 saturated heterocycles. The molecule has 0 fully saturated rings. The number of para-hydroxylation sites is 1. The van der Waals surface area contributed by atoms with Crippen molar-refractivity contribution in [2.45, 2.75) is 19.4 Å². The molecule has 1 aromatic heterocycles. The smallest absolute Gasteiger partial charge is 0.254 e. The molecule has 98 valence electrons. The summed E-state index contributed by atoms with van der Waals surface area (Å²) in [5.74, 6) is 1.43. The van der Waals surface area contributed by atoms with Crippen molar-refractivity contribution in [1.82, 2.24) is 5.32 Å². The van der Waals surface area contributed by atoms with E-state index in [0.717, 1.165) is 12.2 Å². The minimum absolute atomic E-state index is 0.00792. The predicted octanol–water partition coefficient (Wildman–Crippen LogP) is 2.32. The van der Waals surface area contributed by atoms with Crippen molar-refractivity contribution in [2.24, 2.45) is 0 Å². The minimum Gasteiger partial charge on any atom is -0.488 e. The molecule has 1 N–H and O–H groups in total. The number of hydrogen-bond donors (Lipinski definition) is 1. The number of hydrogen-bond acceptors (Lipinski definition) is 3. The molecule has 0 unspecified atom stereocenters. The average molecular weight is 257 g/mol. The highest BCUT2D eigenvalue weighted by Gasteiger charge is 2.23. The fourth-order valence-corrected chi connectivity index (χ4v) is 2.29. The molecule has 2 aromatic rings. The van der Waals surface area contributed by atoms with E-state index in [1.807, 2.05) is 18.2 Å². The lowest BCUT2D eigenvalue weighted by Crippen LogP contribution is -2.34. The van der Waals surface area contributed by atoms with E-state index < -0.39 is 0 Å². The van der Waals surface area contributed by atoms with Crippen molar-refractivity contribution in [3.63, 3.8) is 0 Å². The van der Waals surface area contributed by atoms with Crippen LogP contribution in [0, 0.1) is 6.92 Å². The van der Waals surface area contributed by atoms with Gasteiger partial charge in [-0.3, -0.25) is 4.79 Å². The molecule has 0 aliphatic carbocycles. The number of amides is 1. The van der Waals surface area contributed by atoms with Crippen LogP contribution in [-0.4, -0.2) is 18.6 Å². The SMILES string of the molecule is Cc1occc1C(=O)NC[C@H]1Cc2ccccc2O1. The second-order valence-corrected chi connectivity index (χ2v) is 4.65. The number of furan rings is 1. The number of aryl methyl sites for hydroxylation is 1. The van der Waals surface area contributed by atoms with Crippen molar-refractivity contribution in [3.8, 4) is 5.75 Å². The van der Waals surface area contributed by atoms with E-state index in [-0.39, 0.29) is 12.0 Å². The maximum absolute atomic E-state index is 11.9. The quantitative estimate of drug-likeness (QED) is 0.918. The Hall–Kier alpha value is -2.23. The van der Waals surface area contributed by atoms with Crippen LogP contribution in [0.5, 0.6) is 5.75 Å². The molecule has 4 nitrogen and oxygen atoms in total. The van der Waals surface area contributed by atoms with Gasteiger partial charge < -0.3 is 14.5 Å². The molecule has 1 aromatic carbocycles. The zero-order valence-electron chi connectivity index (χ0n) is 10.7. The molecule has 19 heavy (non-hydrogen) atoms. The molecule has 0 saturated carbocycles. The van der Waals surface area contributed by atoms with Crippen LogP contribution in [-0.2, 0) is 6.42 Å². The lowest BCUT2D eigenvalue weighted by Gasteiger charge is -2.11. The average Bonchev–Trinajstić information content (AvgIpc) is 3.01. The first-order valence-corrected chi connectivity index (χ1v) is 6.31. The van der Waals surface area contributed by atoms with Gasteiger partial charge in [-0.2, -0.15) is 0 Å². The van der Waals surface area contributed by atoms with Crippen LogP contribution < -0.4 is 10.1 Å². The number of rotatable bonds is 3. The van der Waals surface area contributed by atoms with Crippen molar-refractivity contribution < 1.29 is 13.9 Å². The molecule has 1 atom stereocenters. The normalized spacial score (nSPS) is 16.8. The predicted molar refractivity (Wildman–Crippen MR) is 70.3 cm³/mol. The first-order chi connectivity index (χ1) is 9.24. The van der Waals surface area contributed by atoms with Gasteiger partial charge in [0, 0.05) is 6.42 Å². The summed E-state index contributed by atoms with van der Waals surface area (Å²) < 4.78 is 10.9. The third-order valence-electron chi connectivity index (χ3n) is 3.31. The molecule has 0 spiro atoms. The van der Waals surface area contributed by atoms with Gasteiger partial charge in [0.1, 0.15) is 17.6 Å². The molecule has 0 radical (unpaired) electrons. The number of nitrogens with one attached hydrogen (secondary N) is 1. The van der Waals surface area contributed by atoms with Crippen molar-refractivity contribution >= 4 is 5.91 Å². The number of carbonyl (C=O) groups excluding carboxylic acids is 1. The molecule has 1 aliphatic rings. The van der Waals surface area contributed by atoms with E-state index in [0.29, 0.717) is 17.9 Å². The standard InChI is InChI=1S/C15H15NO3/c1-10-13(6-7-18-10)15(17)16-9-12-8-11-4-2-3-5-14(11)19-12/h2-7,12H,8-9H2,1H3,(H,16,17)/t12-/m1/s1. The van der Waals surface area contributed by atoms with Crippen molar-refractivity contribution in [1.29, 1.82) is 0 Å². The van der Waals surface area contributed by atoms with Gasteiger partial charge in [-0.1, -0.05) is 18.2 Å². The zero-order valence-corrected chi connectivity index (χ0v) is 10.7. The molecular weight excluding hydrogens is 242 g/mol. The molecule has 4 heteroatoms. The van der Waals surface area contributed by atoms with E-state index in [9.17, 15) is 4.79 Å².